The van der Waals surface area contributed by atoms with Gasteiger partial charge < -0.3 is 24.4 Å². The zero-order valence-corrected chi connectivity index (χ0v) is 27.5. The highest BCUT2D eigenvalue weighted by atomic mass is 19.1. The molecule has 3 aromatic rings. The Morgan fingerprint density at radius 1 is 1.09 bits per heavy atom. The Balaban J connectivity index is 0.000000446. The summed E-state index contributed by atoms with van der Waals surface area (Å²) < 4.78 is 47.3. The van der Waals surface area contributed by atoms with E-state index in [4.69, 9.17) is 14.6 Å². The standard InChI is InChI=1S/C26H34F2N4O3.C8H10O.CH3F/c1-17-24-19(15-20(34-2)16-23(24)35-3)9-14-32(17)25(33)18-7-12-31(13-8-18)26-29-11-6-22(30-26)21(28)5-4-10-27;1-2-7-4-3-5-8(9)6-7;1-2/h6,11,15-18,21H,4-5,7-10,12-14H2,1-3H3;3-6,9H,2H2,1H3;1H3. The number of aromatic nitrogens is 2. The molecule has 2 aliphatic heterocycles. The summed E-state index contributed by atoms with van der Waals surface area (Å²) in [5.41, 5.74) is 3.66. The van der Waals surface area contributed by atoms with E-state index in [1.807, 2.05) is 34.1 Å². The van der Waals surface area contributed by atoms with Gasteiger partial charge >= 0.3 is 0 Å². The van der Waals surface area contributed by atoms with Gasteiger partial charge in [-0.1, -0.05) is 19.1 Å². The number of carbonyl (C=O) groups is 1. The van der Waals surface area contributed by atoms with E-state index in [0.29, 0.717) is 51.4 Å². The number of hydrogen-bond donors (Lipinski definition) is 1. The molecule has 2 aromatic carbocycles. The normalized spacial score (nSPS) is 16.7. The van der Waals surface area contributed by atoms with E-state index >= 15 is 0 Å². The number of aromatic hydroxyl groups is 1. The molecule has 1 N–H and O–H groups in total. The molecule has 8 nitrogen and oxygen atoms in total. The number of piperidine rings is 1. The maximum absolute atomic E-state index is 14.3. The lowest BCUT2D eigenvalue weighted by Crippen LogP contribution is -2.46. The van der Waals surface area contributed by atoms with Gasteiger partial charge in [-0.3, -0.25) is 13.6 Å². The molecule has 2 unspecified atom stereocenters. The van der Waals surface area contributed by atoms with Gasteiger partial charge in [0.15, 0.2) is 0 Å². The number of phenolic OH excluding ortho intramolecular Hbond substituents is 1. The van der Waals surface area contributed by atoms with E-state index in [9.17, 15) is 18.0 Å². The highest BCUT2D eigenvalue weighted by molar-refractivity contribution is 5.80. The first-order valence-corrected chi connectivity index (χ1v) is 15.8. The second-order valence-electron chi connectivity index (χ2n) is 11.2. The Labute approximate surface area is 270 Å². The minimum atomic E-state index is -1.30. The second-order valence-corrected chi connectivity index (χ2v) is 11.2. The Kier molecular flexibility index (Phi) is 14.4. The van der Waals surface area contributed by atoms with Crippen LogP contribution in [0.25, 0.3) is 0 Å². The molecule has 1 amide bonds. The second kappa shape index (κ2) is 18.2. The quantitative estimate of drug-likeness (QED) is 0.265. The summed E-state index contributed by atoms with van der Waals surface area (Å²) >= 11 is 0. The van der Waals surface area contributed by atoms with Gasteiger partial charge in [-0.05, 0) is 80.8 Å². The van der Waals surface area contributed by atoms with Gasteiger partial charge in [0.25, 0.3) is 0 Å². The van der Waals surface area contributed by atoms with Crippen LogP contribution in [0.2, 0.25) is 0 Å². The number of carbonyl (C=O) groups excluding carboxylic acids is 1. The number of amides is 1. The van der Waals surface area contributed by atoms with E-state index in [2.05, 4.69) is 23.8 Å². The fraction of sp³-hybridized carbons (Fsp3) is 0.514. The average molecular weight is 645 g/mol. The summed E-state index contributed by atoms with van der Waals surface area (Å²) in [6, 6.07) is 12.7. The van der Waals surface area contributed by atoms with Crippen molar-refractivity contribution in [2.75, 3.05) is 52.6 Å². The molecule has 2 aliphatic rings. The van der Waals surface area contributed by atoms with Crippen LogP contribution in [0.15, 0.2) is 48.7 Å². The molecule has 2 atom stereocenters. The van der Waals surface area contributed by atoms with E-state index in [1.54, 1.807) is 38.6 Å². The molecule has 46 heavy (non-hydrogen) atoms. The van der Waals surface area contributed by atoms with Crippen LogP contribution in [0.3, 0.4) is 0 Å². The van der Waals surface area contributed by atoms with Crippen LogP contribution in [0, 0.1) is 5.92 Å². The number of rotatable bonds is 9. The molecule has 5 rings (SSSR count). The van der Waals surface area contributed by atoms with Crippen molar-refractivity contribution in [1.82, 2.24) is 14.9 Å². The highest BCUT2D eigenvalue weighted by Gasteiger charge is 2.36. The predicted molar refractivity (Wildman–Crippen MR) is 174 cm³/mol. The third kappa shape index (κ3) is 9.26. The van der Waals surface area contributed by atoms with Crippen molar-refractivity contribution in [1.29, 1.82) is 0 Å². The lowest BCUT2D eigenvalue weighted by atomic mass is 9.89. The molecule has 0 spiro atoms. The van der Waals surface area contributed by atoms with Gasteiger partial charge in [0.05, 0.1) is 39.8 Å². The van der Waals surface area contributed by atoms with E-state index in [-0.39, 0.29) is 36.4 Å². The summed E-state index contributed by atoms with van der Waals surface area (Å²) in [7, 11) is 3.78. The fourth-order valence-electron chi connectivity index (χ4n) is 5.95. The van der Waals surface area contributed by atoms with E-state index in [1.165, 1.54) is 5.56 Å². The topological polar surface area (TPSA) is 88.0 Å². The van der Waals surface area contributed by atoms with Crippen LogP contribution in [0.5, 0.6) is 17.2 Å². The van der Waals surface area contributed by atoms with Crippen LogP contribution < -0.4 is 14.4 Å². The molecule has 1 saturated heterocycles. The Bertz CT molecular complexity index is 1370. The number of alkyl halides is 3. The zero-order chi connectivity index (χ0) is 33.6. The molecule has 0 radical (unpaired) electrons. The maximum atomic E-state index is 14.3. The Morgan fingerprint density at radius 2 is 1.83 bits per heavy atom. The monoisotopic (exact) mass is 644 g/mol. The first-order valence-electron chi connectivity index (χ1n) is 15.8. The van der Waals surface area contributed by atoms with Crippen molar-refractivity contribution in [2.45, 2.75) is 64.6 Å². The smallest absolute Gasteiger partial charge is 0.226 e. The van der Waals surface area contributed by atoms with Crippen LogP contribution in [0.1, 0.15) is 74.1 Å². The summed E-state index contributed by atoms with van der Waals surface area (Å²) in [5.74, 6) is 2.40. The number of ether oxygens (including phenoxy) is 2. The number of halogens is 3. The largest absolute Gasteiger partial charge is 0.508 e. The van der Waals surface area contributed by atoms with Gasteiger partial charge in [0.2, 0.25) is 11.9 Å². The third-order valence-electron chi connectivity index (χ3n) is 8.47. The number of nitrogens with zero attached hydrogens (tertiary/aromatic N) is 4. The number of phenols is 1. The SMILES string of the molecule is CCc1cccc(O)c1.CF.COc1cc2c(c(OC)c1)C(C)N(C(=O)C1CCN(c3nccc(C(F)CCCF)n3)CC1)CC2. The summed E-state index contributed by atoms with van der Waals surface area (Å²) in [6.07, 6.45) is 3.63. The third-order valence-corrected chi connectivity index (χ3v) is 8.47. The maximum Gasteiger partial charge on any atom is 0.226 e. The molecule has 1 fully saturated rings. The molecule has 0 saturated carbocycles. The number of benzene rings is 2. The van der Waals surface area contributed by atoms with Gasteiger partial charge in [-0.2, -0.15) is 0 Å². The van der Waals surface area contributed by atoms with E-state index < -0.39 is 12.8 Å². The van der Waals surface area contributed by atoms with Crippen molar-refractivity contribution in [3.05, 3.63) is 71.0 Å². The van der Waals surface area contributed by atoms with Crippen LogP contribution in [-0.2, 0) is 17.6 Å². The molecule has 3 heterocycles. The molecular formula is C35H47F3N4O4. The molecule has 1 aromatic heterocycles. The fourth-order valence-corrected chi connectivity index (χ4v) is 5.95. The van der Waals surface area contributed by atoms with Crippen LogP contribution in [-0.4, -0.2) is 73.6 Å². The number of aryl methyl sites for hydroxylation is 1. The van der Waals surface area contributed by atoms with E-state index in [0.717, 1.165) is 35.5 Å². The molecule has 0 bridgehead atoms. The Morgan fingerprint density at radius 3 is 2.43 bits per heavy atom. The predicted octanol–water partition coefficient (Wildman–Crippen LogP) is 7.16. The number of anilines is 1. The number of fused-ring (bicyclic) bond motifs is 1. The average Bonchev–Trinajstić information content (AvgIpc) is 3.11. The lowest BCUT2D eigenvalue weighted by molar-refractivity contribution is -0.138. The first kappa shape index (κ1) is 36.4. The molecule has 0 aliphatic carbocycles. The minimum Gasteiger partial charge on any atom is -0.508 e. The van der Waals surface area contributed by atoms with Crippen molar-refractivity contribution >= 4 is 11.9 Å². The zero-order valence-electron chi connectivity index (χ0n) is 27.5. The highest BCUT2D eigenvalue weighted by Crippen LogP contribution is 2.40. The first-order chi connectivity index (χ1) is 22.3. The van der Waals surface area contributed by atoms with Crippen molar-refractivity contribution in [2.24, 2.45) is 5.92 Å². The van der Waals surface area contributed by atoms with Crippen molar-refractivity contribution < 1.29 is 32.5 Å². The summed E-state index contributed by atoms with van der Waals surface area (Å²) in [6.45, 7) is 5.49. The number of hydrogen-bond acceptors (Lipinski definition) is 7. The van der Waals surface area contributed by atoms with Crippen LogP contribution in [0.4, 0.5) is 19.1 Å². The molecular weight excluding hydrogens is 597 g/mol. The van der Waals surface area contributed by atoms with Crippen molar-refractivity contribution in [3.63, 3.8) is 0 Å². The summed E-state index contributed by atoms with van der Waals surface area (Å²) in [4.78, 5) is 26.2. The van der Waals surface area contributed by atoms with Gasteiger partial charge in [-0.15, -0.1) is 0 Å². The molecule has 11 heteroatoms. The van der Waals surface area contributed by atoms with Gasteiger partial charge in [-0.25, -0.2) is 14.4 Å². The lowest BCUT2D eigenvalue weighted by Gasteiger charge is -2.40. The van der Waals surface area contributed by atoms with Crippen molar-refractivity contribution in [3.8, 4) is 17.2 Å². The van der Waals surface area contributed by atoms with Gasteiger partial charge in [0, 0.05) is 43.4 Å². The van der Waals surface area contributed by atoms with Crippen LogP contribution >= 0.6 is 0 Å². The molecule has 252 valence electrons. The number of methoxy groups -OCH3 is 2. The Hall–Kier alpha value is -4.02. The van der Waals surface area contributed by atoms with Gasteiger partial charge in [0.1, 0.15) is 23.4 Å². The minimum absolute atomic E-state index is 0.0823. The summed E-state index contributed by atoms with van der Waals surface area (Å²) in [5, 5.41) is 8.94.